The minimum Gasteiger partial charge on any atom is -0.496 e. The van der Waals surface area contributed by atoms with Crippen LogP contribution in [0.15, 0.2) is 34.9 Å². The minimum atomic E-state index is 0.505. The normalized spacial score (nSPS) is 11.1. The smallest absolute Gasteiger partial charge is 0.177 e. The lowest BCUT2D eigenvalue weighted by Crippen LogP contribution is -2.01. The van der Waals surface area contributed by atoms with Crippen LogP contribution < -0.4 is 14.2 Å². The average molecular weight is 368 g/mol. The van der Waals surface area contributed by atoms with Crippen LogP contribution in [0.4, 0.5) is 0 Å². The second kappa shape index (κ2) is 6.71. The minimum absolute atomic E-state index is 0.505. The van der Waals surface area contributed by atoms with E-state index in [0.717, 1.165) is 28.2 Å². The summed E-state index contributed by atoms with van der Waals surface area (Å²) in [5, 5.41) is 4.39. The predicted molar refractivity (Wildman–Crippen MR) is 99.5 cm³/mol. The van der Waals surface area contributed by atoms with Crippen LogP contribution in [-0.2, 0) is 6.54 Å². The summed E-state index contributed by atoms with van der Waals surface area (Å²) in [5.41, 5.74) is 2.33. The summed E-state index contributed by atoms with van der Waals surface area (Å²) in [5.74, 6) is 4.17. The fourth-order valence-electron chi connectivity index (χ4n) is 3.02. The van der Waals surface area contributed by atoms with Gasteiger partial charge in [0.2, 0.25) is 0 Å². The van der Waals surface area contributed by atoms with Gasteiger partial charge in [0, 0.05) is 6.07 Å². The second-order valence-corrected chi connectivity index (χ2v) is 6.04. The molecule has 0 fully saturated rings. The fourth-order valence-corrected chi connectivity index (χ4v) is 3.02. The first-order valence-electron chi connectivity index (χ1n) is 8.40. The third-order valence-corrected chi connectivity index (χ3v) is 4.34. The van der Waals surface area contributed by atoms with E-state index in [9.17, 15) is 0 Å². The summed E-state index contributed by atoms with van der Waals surface area (Å²) < 4.78 is 23.7. The Balaban J connectivity index is 1.76. The van der Waals surface area contributed by atoms with E-state index in [1.54, 1.807) is 38.3 Å². The number of fused-ring (bicyclic) bond motifs is 1. The van der Waals surface area contributed by atoms with Gasteiger partial charge < -0.3 is 23.6 Å². The summed E-state index contributed by atoms with van der Waals surface area (Å²) in [6, 6.07) is 7.48. The Morgan fingerprint density at radius 2 is 1.78 bits per heavy atom. The maximum absolute atomic E-state index is 5.64. The molecule has 0 aliphatic carbocycles. The maximum Gasteiger partial charge on any atom is 0.177 e. The second-order valence-electron chi connectivity index (χ2n) is 6.04. The van der Waals surface area contributed by atoms with Gasteiger partial charge in [-0.1, -0.05) is 0 Å². The van der Waals surface area contributed by atoms with E-state index in [4.69, 9.17) is 23.6 Å². The molecular formula is C19H20N4O4. The Bertz CT molecular complexity index is 1090. The maximum atomic E-state index is 5.64. The van der Waals surface area contributed by atoms with Crippen LogP contribution in [0.25, 0.3) is 22.6 Å². The number of hydrogen-bond donors (Lipinski definition) is 1. The van der Waals surface area contributed by atoms with Crippen LogP contribution in [0.3, 0.4) is 0 Å². The number of furan rings is 1. The van der Waals surface area contributed by atoms with Crippen molar-refractivity contribution >= 4 is 11.2 Å². The Labute approximate surface area is 155 Å². The van der Waals surface area contributed by atoms with Crippen LogP contribution in [0, 0.1) is 6.92 Å². The lowest BCUT2D eigenvalue weighted by atomic mass is 10.1. The van der Waals surface area contributed by atoms with Crippen LogP contribution in [-0.4, -0.2) is 41.1 Å². The number of nitrogens with zero attached hydrogens (tertiary/aromatic N) is 3. The monoisotopic (exact) mass is 368 g/mol. The number of ether oxygens (including phenoxy) is 3. The van der Waals surface area contributed by atoms with Gasteiger partial charge >= 0.3 is 0 Å². The zero-order chi connectivity index (χ0) is 19.0. The topological polar surface area (TPSA) is 87.3 Å². The Morgan fingerprint density at radius 1 is 1.04 bits per heavy atom. The molecule has 3 heterocycles. The van der Waals surface area contributed by atoms with Crippen molar-refractivity contribution in [3.63, 3.8) is 0 Å². The number of imidazole rings is 1. The van der Waals surface area contributed by atoms with E-state index >= 15 is 0 Å². The number of rotatable bonds is 6. The first-order valence-corrected chi connectivity index (χ1v) is 8.40. The number of aromatic amines is 1. The molecule has 0 amide bonds. The molecule has 27 heavy (non-hydrogen) atoms. The summed E-state index contributed by atoms with van der Waals surface area (Å²) in [6.07, 6.45) is 1.74. The van der Waals surface area contributed by atoms with Crippen molar-refractivity contribution in [1.29, 1.82) is 0 Å². The van der Waals surface area contributed by atoms with Gasteiger partial charge in [-0.05, 0) is 25.1 Å². The highest BCUT2D eigenvalue weighted by atomic mass is 16.5. The van der Waals surface area contributed by atoms with E-state index in [1.807, 2.05) is 25.1 Å². The zero-order valence-corrected chi connectivity index (χ0v) is 15.6. The van der Waals surface area contributed by atoms with Crippen LogP contribution in [0.2, 0.25) is 0 Å². The predicted octanol–water partition coefficient (Wildman–Crippen LogP) is 3.40. The van der Waals surface area contributed by atoms with E-state index in [2.05, 4.69) is 10.1 Å². The SMILES string of the molecule is COc1cc(OC)c(-c2nc3c(cnn3Cc3ccc(C)o3)[nH]2)cc1OC. The highest BCUT2D eigenvalue weighted by molar-refractivity contribution is 5.79. The molecule has 3 aromatic heterocycles. The Morgan fingerprint density at radius 3 is 2.44 bits per heavy atom. The summed E-state index contributed by atoms with van der Waals surface area (Å²) in [4.78, 5) is 8.00. The standard InChI is InChI=1S/C19H20N4O4/c1-11-5-6-12(27-11)10-23-19-14(9-20-23)21-18(22-19)13-7-16(25-3)17(26-4)8-15(13)24-2/h5-9H,10H2,1-4H3,(H,21,22). The van der Waals surface area contributed by atoms with E-state index < -0.39 is 0 Å². The van der Waals surface area contributed by atoms with Crippen LogP contribution in [0.5, 0.6) is 17.2 Å². The van der Waals surface area contributed by atoms with Gasteiger partial charge in [0.05, 0.1) is 33.1 Å². The number of aromatic nitrogens is 4. The van der Waals surface area contributed by atoms with Gasteiger partial charge in [-0.25, -0.2) is 9.67 Å². The van der Waals surface area contributed by atoms with Crippen LogP contribution in [0.1, 0.15) is 11.5 Å². The number of aryl methyl sites for hydroxylation is 1. The van der Waals surface area contributed by atoms with Crippen molar-refractivity contribution in [2.75, 3.05) is 21.3 Å². The molecular weight excluding hydrogens is 348 g/mol. The molecule has 0 atom stereocenters. The average Bonchev–Trinajstić information content (AvgIpc) is 3.38. The summed E-state index contributed by atoms with van der Waals surface area (Å²) in [6.45, 7) is 2.42. The van der Waals surface area contributed by atoms with Gasteiger partial charge in [-0.3, -0.25) is 0 Å². The van der Waals surface area contributed by atoms with Gasteiger partial charge in [0.25, 0.3) is 0 Å². The molecule has 0 radical (unpaired) electrons. The van der Waals surface area contributed by atoms with E-state index in [-0.39, 0.29) is 0 Å². The molecule has 8 nitrogen and oxygen atoms in total. The quantitative estimate of drug-likeness (QED) is 0.561. The summed E-state index contributed by atoms with van der Waals surface area (Å²) >= 11 is 0. The number of benzene rings is 1. The molecule has 0 spiro atoms. The van der Waals surface area contributed by atoms with Gasteiger partial charge in [-0.2, -0.15) is 5.10 Å². The number of methoxy groups -OCH3 is 3. The van der Waals surface area contributed by atoms with Crippen molar-refractivity contribution in [2.45, 2.75) is 13.5 Å². The van der Waals surface area contributed by atoms with E-state index in [0.29, 0.717) is 29.6 Å². The molecule has 4 rings (SSSR count). The highest BCUT2D eigenvalue weighted by Crippen LogP contribution is 2.39. The molecule has 0 unspecified atom stereocenters. The molecule has 1 N–H and O–H groups in total. The van der Waals surface area contributed by atoms with Crippen molar-refractivity contribution in [3.8, 4) is 28.6 Å². The first kappa shape index (κ1) is 17.0. The van der Waals surface area contributed by atoms with Gasteiger partial charge in [0.1, 0.15) is 35.2 Å². The zero-order valence-electron chi connectivity index (χ0n) is 15.6. The molecule has 0 bridgehead atoms. The summed E-state index contributed by atoms with van der Waals surface area (Å²) in [7, 11) is 4.79. The largest absolute Gasteiger partial charge is 0.496 e. The van der Waals surface area contributed by atoms with Crippen molar-refractivity contribution < 1.29 is 18.6 Å². The molecule has 8 heteroatoms. The molecule has 0 saturated carbocycles. The first-order chi connectivity index (χ1) is 13.1. The Hall–Kier alpha value is -3.42. The van der Waals surface area contributed by atoms with Crippen molar-refractivity contribution in [3.05, 3.63) is 42.0 Å². The molecule has 140 valence electrons. The lowest BCUT2D eigenvalue weighted by molar-refractivity contribution is 0.349. The number of H-pyrrole nitrogens is 1. The number of hydrogen-bond acceptors (Lipinski definition) is 6. The van der Waals surface area contributed by atoms with Crippen LogP contribution >= 0.6 is 0 Å². The molecule has 1 aromatic carbocycles. The van der Waals surface area contributed by atoms with Crippen molar-refractivity contribution in [1.82, 2.24) is 19.7 Å². The molecule has 4 aromatic rings. The third kappa shape index (κ3) is 2.99. The third-order valence-electron chi connectivity index (χ3n) is 4.34. The molecule has 0 aliphatic rings. The van der Waals surface area contributed by atoms with Gasteiger partial charge in [0.15, 0.2) is 17.1 Å². The lowest BCUT2D eigenvalue weighted by Gasteiger charge is -2.12. The Kier molecular flexibility index (Phi) is 4.23. The molecule has 0 aliphatic heterocycles. The van der Waals surface area contributed by atoms with Crippen molar-refractivity contribution in [2.24, 2.45) is 0 Å². The fraction of sp³-hybridized carbons (Fsp3) is 0.263. The van der Waals surface area contributed by atoms with E-state index in [1.165, 1.54) is 0 Å². The van der Waals surface area contributed by atoms with Gasteiger partial charge in [-0.15, -0.1) is 0 Å². The molecule has 0 saturated heterocycles. The number of nitrogens with one attached hydrogen (secondary N) is 1. The highest BCUT2D eigenvalue weighted by Gasteiger charge is 2.18.